The third-order valence-corrected chi connectivity index (χ3v) is 5.04. The Labute approximate surface area is 168 Å². The molecule has 146 valence electrons. The Hall–Kier alpha value is -3.67. The fraction of sp³-hybridized carbons (Fsp3) is 0.174. The molecule has 2 heterocycles. The fourth-order valence-electron chi connectivity index (χ4n) is 3.51. The lowest BCUT2D eigenvalue weighted by molar-refractivity contribution is 0.689. The number of para-hydroxylation sites is 1. The van der Waals surface area contributed by atoms with Crippen molar-refractivity contribution in [2.45, 2.75) is 26.9 Å². The van der Waals surface area contributed by atoms with Crippen LogP contribution in [0.25, 0.3) is 16.9 Å². The molecular formula is C23H22N4O2. The van der Waals surface area contributed by atoms with Gasteiger partial charge in [-0.3, -0.25) is 9.36 Å². The molecule has 2 aromatic carbocycles. The van der Waals surface area contributed by atoms with Crippen LogP contribution in [0.4, 0.5) is 0 Å². The van der Waals surface area contributed by atoms with Gasteiger partial charge in [0.25, 0.3) is 5.56 Å². The van der Waals surface area contributed by atoms with Crippen LogP contribution in [0.15, 0.2) is 77.1 Å². The zero-order valence-corrected chi connectivity index (χ0v) is 16.5. The molecule has 0 bridgehead atoms. The van der Waals surface area contributed by atoms with E-state index in [1.807, 2.05) is 62.4 Å². The number of imidazole rings is 1. The van der Waals surface area contributed by atoms with Gasteiger partial charge in [-0.2, -0.15) is 0 Å². The Morgan fingerprint density at radius 3 is 2.45 bits per heavy atom. The van der Waals surface area contributed by atoms with Crippen LogP contribution in [0.3, 0.4) is 0 Å². The number of allylic oxidation sites excluding steroid dienone is 1. The lowest BCUT2D eigenvalue weighted by Gasteiger charge is -2.13. The monoisotopic (exact) mass is 386 g/mol. The lowest BCUT2D eigenvalue weighted by atomic mass is 10.1. The molecule has 0 radical (unpaired) electrons. The van der Waals surface area contributed by atoms with E-state index in [1.54, 1.807) is 17.0 Å². The van der Waals surface area contributed by atoms with E-state index in [1.165, 1.54) is 14.7 Å². The standard InChI is InChI=1S/C23H22N4O2/c1-4-13-26-22(28)20-21(27(23(26)29)19-8-6-5-7-17(19)3)24-15-25(20)14-18-11-9-16(2)10-12-18/h4-12,15H,1,13-14H2,2-3H3. The summed E-state index contributed by atoms with van der Waals surface area (Å²) in [6.45, 7) is 8.28. The molecule has 0 aliphatic heterocycles. The molecule has 4 rings (SSSR count). The van der Waals surface area contributed by atoms with E-state index in [0.717, 1.165) is 11.1 Å². The Morgan fingerprint density at radius 2 is 1.76 bits per heavy atom. The van der Waals surface area contributed by atoms with E-state index < -0.39 is 5.69 Å². The van der Waals surface area contributed by atoms with Crippen LogP contribution < -0.4 is 11.2 Å². The molecular weight excluding hydrogens is 364 g/mol. The molecule has 0 atom stereocenters. The van der Waals surface area contributed by atoms with Gasteiger partial charge in [0.1, 0.15) is 0 Å². The fourth-order valence-corrected chi connectivity index (χ4v) is 3.51. The highest BCUT2D eigenvalue weighted by atomic mass is 16.2. The van der Waals surface area contributed by atoms with Crippen molar-refractivity contribution in [1.82, 2.24) is 18.7 Å². The average molecular weight is 386 g/mol. The van der Waals surface area contributed by atoms with Gasteiger partial charge in [0.05, 0.1) is 12.0 Å². The van der Waals surface area contributed by atoms with Gasteiger partial charge in [-0.05, 0) is 31.0 Å². The van der Waals surface area contributed by atoms with Crippen LogP contribution in [0.2, 0.25) is 0 Å². The number of aryl methyl sites for hydroxylation is 2. The zero-order valence-electron chi connectivity index (χ0n) is 16.5. The average Bonchev–Trinajstić information content (AvgIpc) is 3.12. The van der Waals surface area contributed by atoms with Crippen LogP contribution >= 0.6 is 0 Å². The molecule has 2 aromatic heterocycles. The summed E-state index contributed by atoms with van der Waals surface area (Å²) in [6, 6.07) is 15.7. The summed E-state index contributed by atoms with van der Waals surface area (Å²) < 4.78 is 4.52. The van der Waals surface area contributed by atoms with Crippen molar-refractivity contribution in [3.8, 4) is 5.69 Å². The maximum Gasteiger partial charge on any atom is 0.337 e. The zero-order chi connectivity index (χ0) is 20.5. The van der Waals surface area contributed by atoms with E-state index in [2.05, 4.69) is 11.6 Å². The molecule has 0 aliphatic rings. The maximum atomic E-state index is 13.2. The highest BCUT2D eigenvalue weighted by Gasteiger charge is 2.19. The van der Waals surface area contributed by atoms with Crippen molar-refractivity contribution in [3.05, 3.63) is 105 Å². The van der Waals surface area contributed by atoms with Crippen molar-refractivity contribution < 1.29 is 0 Å². The summed E-state index contributed by atoms with van der Waals surface area (Å²) in [6.07, 6.45) is 3.18. The van der Waals surface area contributed by atoms with Crippen molar-refractivity contribution in [2.24, 2.45) is 0 Å². The first-order valence-corrected chi connectivity index (χ1v) is 9.44. The number of benzene rings is 2. The molecule has 0 amide bonds. The van der Waals surface area contributed by atoms with Crippen molar-refractivity contribution >= 4 is 11.2 Å². The van der Waals surface area contributed by atoms with Crippen LogP contribution in [0.5, 0.6) is 0 Å². The molecule has 6 heteroatoms. The number of hydrogen-bond acceptors (Lipinski definition) is 3. The summed E-state index contributed by atoms with van der Waals surface area (Å²) in [5, 5.41) is 0. The highest BCUT2D eigenvalue weighted by Crippen LogP contribution is 2.17. The molecule has 0 aliphatic carbocycles. The van der Waals surface area contributed by atoms with Gasteiger partial charge in [0.15, 0.2) is 11.2 Å². The molecule has 0 saturated carbocycles. The Kier molecular flexibility index (Phi) is 4.76. The summed E-state index contributed by atoms with van der Waals surface area (Å²) in [4.78, 5) is 30.8. The Bertz CT molecular complexity index is 1320. The van der Waals surface area contributed by atoms with E-state index >= 15 is 0 Å². The normalized spacial score (nSPS) is 11.1. The lowest BCUT2D eigenvalue weighted by Crippen LogP contribution is -2.40. The third-order valence-electron chi connectivity index (χ3n) is 5.04. The first-order chi connectivity index (χ1) is 14.0. The predicted octanol–water partition coefficient (Wildman–Crippen LogP) is 3.20. The number of fused-ring (bicyclic) bond motifs is 1. The minimum atomic E-state index is -0.419. The van der Waals surface area contributed by atoms with Gasteiger partial charge >= 0.3 is 5.69 Å². The molecule has 4 aromatic rings. The van der Waals surface area contributed by atoms with Gasteiger partial charge in [-0.1, -0.05) is 54.1 Å². The van der Waals surface area contributed by atoms with Gasteiger partial charge in [-0.25, -0.2) is 14.3 Å². The van der Waals surface area contributed by atoms with Crippen LogP contribution in [0.1, 0.15) is 16.7 Å². The van der Waals surface area contributed by atoms with Crippen molar-refractivity contribution in [2.75, 3.05) is 0 Å². The quantitative estimate of drug-likeness (QED) is 0.495. The van der Waals surface area contributed by atoms with E-state index in [0.29, 0.717) is 23.4 Å². The first kappa shape index (κ1) is 18.7. The summed E-state index contributed by atoms with van der Waals surface area (Å²) in [5.41, 5.74) is 3.84. The molecule has 0 saturated heterocycles. The minimum absolute atomic E-state index is 0.134. The summed E-state index contributed by atoms with van der Waals surface area (Å²) >= 11 is 0. The number of rotatable bonds is 5. The van der Waals surface area contributed by atoms with Crippen molar-refractivity contribution in [1.29, 1.82) is 0 Å². The molecule has 0 unspecified atom stereocenters. The topological polar surface area (TPSA) is 61.8 Å². The minimum Gasteiger partial charge on any atom is -0.320 e. The van der Waals surface area contributed by atoms with Crippen molar-refractivity contribution in [3.63, 3.8) is 0 Å². The van der Waals surface area contributed by atoms with Gasteiger partial charge in [0.2, 0.25) is 0 Å². The molecule has 0 N–H and O–H groups in total. The molecule has 0 spiro atoms. The van der Waals surface area contributed by atoms with Gasteiger partial charge < -0.3 is 4.57 Å². The van der Waals surface area contributed by atoms with Gasteiger partial charge in [-0.15, -0.1) is 6.58 Å². The van der Waals surface area contributed by atoms with E-state index in [9.17, 15) is 9.59 Å². The third kappa shape index (κ3) is 3.23. The molecule has 6 nitrogen and oxygen atoms in total. The molecule has 29 heavy (non-hydrogen) atoms. The van der Waals surface area contributed by atoms with Crippen LogP contribution in [0, 0.1) is 13.8 Å². The van der Waals surface area contributed by atoms with Gasteiger partial charge in [0, 0.05) is 13.1 Å². The second-order valence-electron chi connectivity index (χ2n) is 7.14. The highest BCUT2D eigenvalue weighted by molar-refractivity contribution is 5.73. The second-order valence-corrected chi connectivity index (χ2v) is 7.14. The Morgan fingerprint density at radius 1 is 1.03 bits per heavy atom. The predicted molar refractivity (Wildman–Crippen MR) is 115 cm³/mol. The first-order valence-electron chi connectivity index (χ1n) is 9.44. The number of nitrogens with zero attached hydrogens (tertiary/aromatic N) is 4. The summed E-state index contributed by atoms with van der Waals surface area (Å²) in [5.74, 6) is 0. The Balaban J connectivity index is 2.01. The molecule has 0 fully saturated rings. The number of aromatic nitrogens is 4. The SMILES string of the molecule is C=CCn1c(=O)c2c(ncn2Cc2ccc(C)cc2)n(-c2ccccc2C)c1=O. The van der Waals surface area contributed by atoms with E-state index in [-0.39, 0.29) is 12.1 Å². The maximum absolute atomic E-state index is 13.2. The smallest absolute Gasteiger partial charge is 0.320 e. The van der Waals surface area contributed by atoms with Crippen LogP contribution in [-0.2, 0) is 13.1 Å². The second kappa shape index (κ2) is 7.39. The number of hydrogen-bond donors (Lipinski definition) is 0. The van der Waals surface area contributed by atoms with Crippen LogP contribution in [-0.4, -0.2) is 18.7 Å². The van der Waals surface area contributed by atoms with E-state index in [4.69, 9.17) is 0 Å². The largest absolute Gasteiger partial charge is 0.337 e. The summed E-state index contributed by atoms with van der Waals surface area (Å²) in [7, 11) is 0.